The fourth-order valence-corrected chi connectivity index (χ4v) is 3.73. The fraction of sp³-hybridized carbons (Fsp3) is 0.364. The molecule has 2 aliphatic heterocycles. The zero-order valence-corrected chi connectivity index (χ0v) is 16.0. The molecule has 2 aromatic carbocycles. The predicted molar refractivity (Wildman–Crippen MR) is 107 cm³/mol. The van der Waals surface area contributed by atoms with Crippen LogP contribution in [-0.4, -0.2) is 50.0 Å². The van der Waals surface area contributed by atoms with E-state index in [0.717, 1.165) is 25.3 Å². The third-order valence-corrected chi connectivity index (χ3v) is 5.45. The van der Waals surface area contributed by atoms with Crippen molar-refractivity contribution in [3.63, 3.8) is 0 Å². The van der Waals surface area contributed by atoms with Crippen molar-refractivity contribution in [3.05, 3.63) is 60.2 Å². The smallest absolute Gasteiger partial charge is 0.235 e. The third kappa shape index (κ3) is 3.87. The molecule has 28 heavy (non-hydrogen) atoms. The number of rotatable bonds is 5. The lowest BCUT2D eigenvalue weighted by Gasteiger charge is -2.38. The molecule has 1 fully saturated rings. The maximum atomic E-state index is 12.7. The monoisotopic (exact) mass is 379 g/mol. The minimum absolute atomic E-state index is 0.0135. The lowest BCUT2D eigenvalue weighted by molar-refractivity contribution is -0.131. The molecule has 0 saturated carbocycles. The minimum Gasteiger partial charge on any atom is -0.490 e. The molecule has 1 saturated heterocycles. The number of carbonyl (C=O) groups is 2. The maximum absolute atomic E-state index is 12.7. The first-order valence-corrected chi connectivity index (χ1v) is 9.65. The van der Waals surface area contributed by atoms with Crippen molar-refractivity contribution >= 4 is 17.5 Å². The molecule has 0 aromatic heterocycles. The van der Waals surface area contributed by atoms with Crippen LogP contribution in [0.2, 0.25) is 0 Å². The first kappa shape index (κ1) is 18.5. The Hall–Kier alpha value is -2.86. The predicted octanol–water partition coefficient (Wildman–Crippen LogP) is 1.91. The molecule has 1 N–H and O–H groups in total. The average Bonchev–Trinajstić information content (AvgIpc) is 2.81. The van der Waals surface area contributed by atoms with Crippen LogP contribution in [0.3, 0.4) is 0 Å². The summed E-state index contributed by atoms with van der Waals surface area (Å²) in [5.41, 5.74) is 2.02. The molecule has 0 aliphatic carbocycles. The van der Waals surface area contributed by atoms with Crippen LogP contribution in [0.25, 0.3) is 0 Å². The van der Waals surface area contributed by atoms with Crippen molar-refractivity contribution in [1.82, 2.24) is 10.2 Å². The number of nitrogens with one attached hydrogen (secondary N) is 1. The number of ether oxygens (including phenoxy) is 1. The number of anilines is 1. The molecule has 2 aliphatic rings. The van der Waals surface area contributed by atoms with Gasteiger partial charge in [0.05, 0.1) is 17.5 Å². The van der Waals surface area contributed by atoms with E-state index in [-0.39, 0.29) is 30.3 Å². The van der Waals surface area contributed by atoms with E-state index in [1.807, 2.05) is 42.5 Å². The standard InChI is InChI=1S/C22H25N3O3/c1-24-19-9-5-6-10-20(19)28-15-17(22(24)27)11-23-21(26)18-13-25(14-18)12-16-7-3-2-4-8-16/h2-10,17-18H,11-15H2,1H3,(H,23,26)/t17-/m0/s1. The Morgan fingerprint density at radius 3 is 2.61 bits per heavy atom. The zero-order valence-electron chi connectivity index (χ0n) is 16.0. The Balaban J connectivity index is 1.26. The number of hydrogen-bond acceptors (Lipinski definition) is 4. The summed E-state index contributed by atoms with van der Waals surface area (Å²) in [4.78, 5) is 29.0. The minimum atomic E-state index is -0.387. The molecule has 2 amide bonds. The molecule has 0 spiro atoms. The second kappa shape index (κ2) is 8.02. The number of nitrogens with zero attached hydrogens (tertiary/aromatic N) is 2. The number of hydrogen-bond donors (Lipinski definition) is 1. The van der Waals surface area contributed by atoms with Gasteiger partial charge in [0.15, 0.2) is 0 Å². The van der Waals surface area contributed by atoms with E-state index in [4.69, 9.17) is 4.74 Å². The lowest BCUT2D eigenvalue weighted by Crippen LogP contribution is -2.54. The van der Waals surface area contributed by atoms with Crippen molar-refractivity contribution in [1.29, 1.82) is 0 Å². The SMILES string of the molecule is CN1C(=O)[C@@H](CNC(=O)C2CN(Cc3ccccc3)C2)COc2ccccc21. The molecule has 2 heterocycles. The summed E-state index contributed by atoms with van der Waals surface area (Å²) >= 11 is 0. The van der Waals surface area contributed by atoms with Crippen LogP contribution in [0.1, 0.15) is 5.56 Å². The van der Waals surface area contributed by atoms with E-state index in [2.05, 4.69) is 22.3 Å². The normalized spacial score (nSPS) is 20.0. The van der Waals surface area contributed by atoms with Crippen molar-refractivity contribution in [2.75, 3.05) is 38.2 Å². The van der Waals surface area contributed by atoms with E-state index >= 15 is 0 Å². The van der Waals surface area contributed by atoms with Crippen LogP contribution in [-0.2, 0) is 16.1 Å². The Morgan fingerprint density at radius 2 is 1.82 bits per heavy atom. The van der Waals surface area contributed by atoms with Crippen molar-refractivity contribution < 1.29 is 14.3 Å². The first-order valence-electron chi connectivity index (χ1n) is 9.65. The maximum Gasteiger partial charge on any atom is 0.235 e. The second-order valence-corrected chi connectivity index (χ2v) is 7.49. The third-order valence-electron chi connectivity index (χ3n) is 5.45. The summed E-state index contributed by atoms with van der Waals surface area (Å²) in [5, 5.41) is 2.95. The van der Waals surface area contributed by atoms with Gasteiger partial charge < -0.3 is 15.0 Å². The van der Waals surface area contributed by atoms with Gasteiger partial charge >= 0.3 is 0 Å². The van der Waals surface area contributed by atoms with E-state index in [0.29, 0.717) is 12.3 Å². The van der Waals surface area contributed by atoms with Crippen LogP contribution in [0.15, 0.2) is 54.6 Å². The number of fused-ring (bicyclic) bond motifs is 1. The number of likely N-dealkylation sites (tertiary alicyclic amines) is 1. The largest absolute Gasteiger partial charge is 0.490 e. The Bertz CT molecular complexity index is 849. The van der Waals surface area contributed by atoms with Gasteiger partial charge in [-0.3, -0.25) is 14.5 Å². The quantitative estimate of drug-likeness (QED) is 0.862. The molecule has 1 atom stereocenters. The van der Waals surface area contributed by atoms with Crippen LogP contribution in [0.5, 0.6) is 5.75 Å². The molecular formula is C22H25N3O3. The Labute approximate surface area is 165 Å². The second-order valence-electron chi connectivity index (χ2n) is 7.49. The van der Waals surface area contributed by atoms with Gasteiger partial charge in [-0.15, -0.1) is 0 Å². The highest BCUT2D eigenvalue weighted by molar-refractivity contribution is 5.97. The molecule has 146 valence electrons. The van der Waals surface area contributed by atoms with Gasteiger partial charge in [-0.1, -0.05) is 42.5 Å². The average molecular weight is 379 g/mol. The van der Waals surface area contributed by atoms with Gasteiger partial charge in [0.2, 0.25) is 11.8 Å². The highest BCUT2D eigenvalue weighted by atomic mass is 16.5. The van der Waals surface area contributed by atoms with Gasteiger partial charge in [0.1, 0.15) is 12.4 Å². The summed E-state index contributed by atoms with van der Waals surface area (Å²) < 4.78 is 5.80. The number of amides is 2. The van der Waals surface area contributed by atoms with Gasteiger partial charge in [0.25, 0.3) is 0 Å². The first-order chi connectivity index (χ1) is 13.6. The van der Waals surface area contributed by atoms with Crippen molar-refractivity contribution in [2.45, 2.75) is 6.54 Å². The lowest BCUT2D eigenvalue weighted by atomic mass is 9.98. The van der Waals surface area contributed by atoms with Crippen LogP contribution >= 0.6 is 0 Å². The van der Waals surface area contributed by atoms with E-state index in [9.17, 15) is 9.59 Å². The summed E-state index contributed by atoms with van der Waals surface area (Å²) in [6.07, 6.45) is 0. The molecule has 2 aromatic rings. The van der Waals surface area contributed by atoms with Crippen LogP contribution in [0, 0.1) is 11.8 Å². The molecule has 0 radical (unpaired) electrons. The molecule has 0 unspecified atom stereocenters. The zero-order chi connectivity index (χ0) is 19.5. The van der Waals surface area contributed by atoms with Crippen LogP contribution < -0.4 is 15.0 Å². The van der Waals surface area contributed by atoms with Crippen molar-refractivity contribution in [3.8, 4) is 5.75 Å². The summed E-state index contributed by atoms with van der Waals surface area (Å²) in [6, 6.07) is 17.7. The Kier molecular flexibility index (Phi) is 5.30. The highest BCUT2D eigenvalue weighted by Gasteiger charge is 2.34. The van der Waals surface area contributed by atoms with Crippen molar-refractivity contribution in [2.24, 2.45) is 11.8 Å². The van der Waals surface area contributed by atoms with Gasteiger partial charge in [0, 0.05) is 33.2 Å². The number of carbonyl (C=O) groups excluding carboxylic acids is 2. The Morgan fingerprint density at radius 1 is 1.11 bits per heavy atom. The summed E-state index contributed by atoms with van der Waals surface area (Å²) in [6.45, 7) is 2.93. The summed E-state index contributed by atoms with van der Waals surface area (Å²) in [5.74, 6) is 0.274. The van der Waals surface area contributed by atoms with E-state index in [1.54, 1.807) is 11.9 Å². The van der Waals surface area contributed by atoms with E-state index < -0.39 is 0 Å². The molecule has 6 heteroatoms. The number of benzene rings is 2. The van der Waals surface area contributed by atoms with Gasteiger partial charge in [-0.25, -0.2) is 0 Å². The van der Waals surface area contributed by atoms with Gasteiger partial charge in [-0.05, 0) is 17.7 Å². The molecule has 4 rings (SSSR count). The molecule has 6 nitrogen and oxygen atoms in total. The van der Waals surface area contributed by atoms with Gasteiger partial charge in [-0.2, -0.15) is 0 Å². The highest BCUT2D eigenvalue weighted by Crippen LogP contribution is 2.31. The molecule has 0 bridgehead atoms. The van der Waals surface area contributed by atoms with E-state index in [1.165, 1.54) is 5.56 Å². The topological polar surface area (TPSA) is 61.9 Å². The molecular weight excluding hydrogens is 354 g/mol. The van der Waals surface area contributed by atoms with Crippen LogP contribution in [0.4, 0.5) is 5.69 Å². The number of para-hydroxylation sites is 2. The fourth-order valence-electron chi connectivity index (χ4n) is 3.73. The summed E-state index contributed by atoms with van der Waals surface area (Å²) in [7, 11) is 1.75.